The summed E-state index contributed by atoms with van der Waals surface area (Å²) in [5, 5.41) is 25.3. The Hall–Kier alpha value is -11.9. The fourth-order valence-corrected chi connectivity index (χ4v) is 16.3. The molecule has 0 unspecified atom stereocenters. The Morgan fingerprint density at radius 1 is 0.282 bits per heavy atom. The van der Waals surface area contributed by atoms with Crippen molar-refractivity contribution < 1.29 is 0 Å². The van der Waals surface area contributed by atoms with Crippen molar-refractivity contribution in [2.24, 2.45) is 0 Å². The van der Waals surface area contributed by atoms with Gasteiger partial charge in [-0.25, -0.2) is 0 Å². The average molecular weight is 1330 g/mol. The van der Waals surface area contributed by atoms with Gasteiger partial charge in [0.2, 0.25) is 0 Å². The summed E-state index contributed by atoms with van der Waals surface area (Å²) in [6.45, 7) is 27.3. The summed E-state index contributed by atoms with van der Waals surface area (Å²) in [7, 11) is 0. The van der Waals surface area contributed by atoms with Gasteiger partial charge in [0.15, 0.2) is 0 Å². The van der Waals surface area contributed by atoms with Gasteiger partial charge in [0.1, 0.15) is 0 Å². The normalized spacial score (nSPS) is 13.0. The number of aromatic nitrogens is 2. The first kappa shape index (κ1) is 64.5. The third-order valence-corrected chi connectivity index (χ3v) is 21.7. The van der Waals surface area contributed by atoms with Gasteiger partial charge in [-0.1, -0.05) is 235 Å². The van der Waals surface area contributed by atoms with Crippen LogP contribution in [0.2, 0.25) is 0 Å². The van der Waals surface area contributed by atoms with Gasteiger partial charge < -0.3 is 18.9 Å². The van der Waals surface area contributed by atoms with Crippen molar-refractivity contribution >= 4 is 101 Å². The van der Waals surface area contributed by atoms with Crippen LogP contribution in [0.15, 0.2) is 273 Å². The predicted octanol–water partition coefficient (Wildman–Crippen LogP) is 23.6. The highest BCUT2D eigenvalue weighted by Gasteiger charge is 2.46. The second-order valence-corrected chi connectivity index (χ2v) is 32.4. The van der Waals surface area contributed by atoms with Crippen molar-refractivity contribution in [3.63, 3.8) is 0 Å². The molecule has 0 aliphatic carbocycles. The smallest absolute Gasteiger partial charge is 0.252 e. The minimum Gasteiger partial charge on any atom is -0.310 e. The van der Waals surface area contributed by atoms with Crippen LogP contribution in [-0.4, -0.2) is 15.8 Å². The van der Waals surface area contributed by atoms with Crippen molar-refractivity contribution in [2.45, 2.75) is 105 Å². The van der Waals surface area contributed by atoms with E-state index < -0.39 is 0 Å². The van der Waals surface area contributed by atoms with Crippen LogP contribution in [0.3, 0.4) is 0 Å². The molecule has 4 heterocycles. The Balaban J connectivity index is 1.04. The molecule has 2 aliphatic heterocycles. The maximum Gasteiger partial charge on any atom is 0.252 e. The molecule has 7 heteroatoms. The SMILES string of the molecule is CC(C)(C)c1cc(-c2ccccc2)c(N2c3cc(-n4c5ccc(C#N)cc5c5cc(C(C)(C)C)ccc54)ccc3B3c4ccc(-n5c6ccc(C#N)cc6c6cc(C(C)(C)C)ccc65)cc4N(c4c(-c5ccccc5)cc(C(C)(C)C)cc4-c4ccccc4)c4cccc2c43)c(-c2ccccc2)c1. The molecule has 0 saturated carbocycles. The number of nitriles is 2. The van der Waals surface area contributed by atoms with Gasteiger partial charge in [0, 0.05) is 77.9 Å². The van der Waals surface area contributed by atoms with E-state index in [4.69, 9.17) is 0 Å². The first-order chi connectivity index (χ1) is 49.5. The average Bonchev–Trinajstić information content (AvgIpc) is 1.05. The van der Waals surface area contributed by atoms with Crippen LogP contribution in [0.5, 0.6) is 0 Å². The molecule has 0 fully saturated rings. The Morgan fingerprint density at radius 2 is 0.592 bits per heavy atom. The minimum atomic E-state index is -0.286. The summed E-state index contributed by atoms with van der Waals surface area (Å²) in [5.74, 6) is 0. The summed E-state index contributed by atoms with van der Waals surface area (Å²) >= 11 is 0. The van der Waals surface area contributed by atoms with E-state index in [1.807, 2.05) is 12.1 Å². The van der Waals surface area contributed by atoms with Gasteiger partial charge >= 0.3 is 0 Å². The van der Waals surface area contributed by atoms with E-state index in [0.717, 1.165) is 134 Å². The second kappa shape index (κ2) is 23.9. The number of rotatable bonds is 8. The van der Waals surface area contributed by atoms with Crippen molar-refractivity contribution in [3.8, 4) is 68.0 Å². The Bertz CT molecular complexity index is 5570. The third-order valence-electron chi connectivity index (χ3n) is 21.7. The van der Waals surface area contributed by atoms with Crippen LogP contribution in [0.1, 0.15) is 116 Å². The summed E-state index contributed by atoms with van der Waals surface area (Å²) in [5.41, 5.74) is 30.8. The summed E-state index contributed by atoms with van der Waals surface area (Å²) in [4.78, 5) is 5.28. The van der Waals surface area contributed by atoms with E-state index in [-0.39, 0.29) is 28.4 Å². The molecule has 0 spiro atoms. The Labute approximate surface area is 605 Å². The molecule has 0 amide bonds. The maximum atomic E-state index is 10.5. The van der Waals surface area contributed by atoms with Gasteiger partial charge in [-0.2, -0.15) is 10.5 Å². The van der Waals surface area contributed by atoms with Gasteiger partial charge in [-0.05, 0) is 204 Å². The van der Waals surface area contributed by atoms with Crippen molar-refractivity contribution in [1.82, 2.24) is 9.13 Å². The monoisotopic (exact) mass is 1330 g/mol. The van der Waals surface area contributed by atoms with Crippen LogP contribution in [-0.2, 0) is 21.7 Å². The van der Waals surface area contributed by atoms with Crippen LogP contribution >= 0.6 is 0 Å². The lowest BCUT2D eigenvalue weighted by Crippen LogP contribution is -2.61. The van der Waals surface area contributed by atoms with Gasteiger partial charge in [-0.3, -0.25) is 0 Å². The summed E-state index contributed by atoms with van der Waals surface area (Å²) in [6.07, 6.45) is 0. The largest absolute Gasteiger partial charge is 0.310 e. The predicted molar refractivity (Wildman–Crippen MR) is 435 cm³/mol. The number of fused-ring (bicyclic) bond motifs is 10. The van der Waals surface area contributed by atoms with Crippen molar-refractivity contribution in [3.05, 3.63) is 306 Å². The van der Waals surface area contributed by atoms with E-state index in [1.54, 1.807) is 0 Å². The van der Waals surface area contributed by atoms with Crippen LogP contribution in [0.4, 0.5) is 34.1 Å². The molecule has 0 radical (unpaired) electrons. The summed E-state index contributed by atoms with van der Waals surface area (Å²) < 4.78 is 4.86. The number of hydrogen-bond donors (Lipinski definition) is 0. The van der Waals surface area contributed by atoms with Gasteiger partial charge in [-0.15, -0.1) is 0 Å². The quantitative estimate of drug-likeness (QED) is 0.142. The molecule has 2 aliphatic rings. The Kier molecular flexibility index (Phi) is 14.9. The van der Waals surface area contributed by atoms with E-state index in [0.29, 0.717) is 11.1 Å². The number of hydrogen-bond acceptors (Lipinski definition) is 4. The highest BCUT2D eigenvalue weighted by molar-refractivity contribution is 7.00. The van der Waals surface area contributed by atoms with Gasteiger partial charge in [0.05, 0.1) is 56.7 Å². The van der Waals surface area contributed by atoms with E-state index >= 15 is 0 Å². The van der Waals surface area contributed by atoms with E-state index in [2.05, 4.69) is 375 Å². The first-order valence-electron chi connectivity index (χ1n) is 36.1. The van der Waals surface area contributed by atoms with E-state index in [9.17, 15) is 10.5 Å². The zero-order valence-corrected chi connectivity index (χ0v) is 60.7. The molecule has 103 heavy (non-hydrogen) atoms. The van der Waals surface area contributed by atoms with Crippen LogP contribution in [0.25, 0.3) is 99.5 Å². The third kappa shape index (κ3) is 10.7. The van der Waals surface area contributed by atoms with Crippen molar-refractivity contribution in [2.75, 3.05) is 9.80 Å². The maximum absolute atomic E-state index is 10.5. The highest BCUT2D eigenvalue weighted by Crippen LogP contribution is 2.55. The van der Waals surface area contributed by atoms with Crippen molar-refractivity contribution in [1.29, 1.82) is 10.5 Å². The first-order valence-corrected chi connectivity index (χ1v) is 36.1. The lowest BCUT2D eigenvalue weighted by atomic mass is 9.33. The molecule has 6 nitrogen and oxygen atoms in total. The molecular weight excluding hydrogens is 1250 g/mol. The van der Waals surface area contributed by atoms with E-state index in [1.165, 1.54) is 38.6 Å². The fourth-order valence-electron chi connectivity index (χ4n) is 16.3. The molecular formula is C96H81BN6. The standard InChI is InChI=1S/C96H81BN6/c1-93(2,3)66-38-46-84-78(50-66)76-48-60(58-98)36-44-82(76)100(84)70-40-42-80-88(56-70)102(91-72(62-26-17-13-18-27-62)52-68(95(7,8)9)53-73(91)63-28-19-14-20-29-63)86-34-25-35-87-90(86)97(80)81-43-41-71(101-83-45-37-61(59-99)49-77(83)79-51-67(94(4,5)6)39-47-85(79)101)57-89(81)103(87)92-74(64-30-21-15-22-31-64)54-69(96(10,11)12)55-75(92)65-32-23-16-24-33-65/h13-57H,1-12H3. The molecule has 0 atom stereocenters. The molecule has 15 aromatic rings. The number of anilines is 6. The van der Waals surface area contributed by atoms with Crippen LogP contribution in [0, 0.1) is 22.7 Å². The minimum absolute atomic E-state index is 0.111. The molecule has 0 bridgehead atoms. The molecule has 0 saturated heterocycles. The zero-order valence-electron chi connectivity index (χ0n) is 60.7. The highest BCUT2D eigenvalue weighted by atomic mass is 15.2. The molecule has 13 aromatic carbocycles. The second-order valence-electron chi connectivity index (χ2n) is 32.4. The topological polar surface area (TPSA) is 63.9 Å². The van der Waals surface area contributed by atoms with Crippen LogP contribution < -0.4 is 26.2 Å². The molecule has 17 rings (SSSR count). The summed E-state index contributed by atoms with van der Waals surface area (Å²) in [6, 6.07) is 107. The lowest BCUT2D eigenvalue weighted by Gasteiger charge is -2.46. The lowest BCUT2D eigenvalue weighted by molar-refractivity contribution is 0.590. The number of benzene rings is 13. The Morgan fingerprint density at radius 3 is 0.903 bits per heavy atom. The molecule has 498 valence electrons. The van der Waals surface area contributed by atoms with Gasteiger partial charge in [0.25, 0.3) is 6.71 Å². The molecule has 2 aromatic heterocycles. The number of nitrogens with zero attached hydrogens (tertiary/aromatic N) is 6. The fraction of sp³-hybridized carbons (Fsp3) is 0.167. The molecule has 0 N–H and O–H groups in total. The zero-order chi connectivity index (χ0) is 71.2.